The lowest BCUT2D eigenvalue weighted by atomic mass is 9.93. The number of hydrogen-bond acceptors (Lipinski definition) is 3. The number of aliphatic hydroxyl groups is 1. The van der Waals surface area contributed by atoms with Crippen LogP contribution >= 0.6 is 0 Å². The van der Waals surface area contributed by atoms with E-state index < -0.39 is 0 Å². The van der Waals surface area contributed by atoms with Crippen LogP contribution in [0.5, 0.6) is 0 Å². The predicted molar refractivity (Wildman–Crippen MR) is 68.7 cm³/mol. The number of unbranched alkanes of at least 4 members (excludes halogenated alkanes) is 1. The van der Waals surface area contributed by atoms with E-state index in [0.717, 1.165) is 13.0 Å². The fraction of sp³-hybridized carbons (Fsp3) is 1.00. The third kappa shape index (κ3) is 9.13. The monoisotopic (exact) mass is 231 g/mol. The van der Waals surface area contributed by atoms with E-state index in [9.17, 15) is 5.11 Å². The number of hydrogen-bond donors (Lipinski definition) is 2. The number of nitrogens with one attached hydrogen (secondary N) is 1. The number of aliphatic hydroxyl groups excluding tert-OH is 1. The van der Waals surface area contributed by atoms with Crippen LogP contribution in [0.15, 0.2) is 0 Å². The molecule has 0 radical (unpaired) electrons. The lowest BCUT2D eigenvalue weighted by Gasteiger charge is -2.19. The molecule has 0 rings (SSSR count). The van der Waals surface area contributed by atoms with Crippen molar-refractivity contribution in [3.05, 3.63) is 0 Å². The van der Waals surface area contributed by atoms with E-state index in [0.29, 0.717) is 19.1 Å². The molecule has 0 aromatic rings. The molecule has 0 aliphatic carbocycles. The Labute approximate surface area is 101 Å². The summed E-state index contributed by atoms with van der Waals surface area (Å²) in [5.41, 5.74) is 0. The average molecular weight is 231 g/mol. The molecule has 0 saturated carbocycles. The molecule has 2 unspecified atom stereocenters. The van der Waals surface area contributed by atoms with Crippen LogP contribution in [-0.2, 0) is 4.74 Å². The minimum Gasteiger partial charge on any atom is -0.392 e. The molecule has 0 aliphatic heterocycles. The summed E-state index contributed by atoms with van der Waals surface area (Å²) in [7, 11) is 1.69. The third-order valence-corrected chi connectivity index (χ3v) is 3.01. The van der Waals surface area contributed by atoms with Crippen LogP contribution in [0.4, 0.5) is 0 Å². The van der Waals surface area contributed by atoms with Gasteiger partial charge < -0.3 is 15.2 Å². The molecule has 2 N–H and O–H groups in total. The maximum Gasteiger partial charge on any atom is 0.0667 e. The first-order valence-corrected chi connectivity index (χ1v) is 6.62. The molecule has 0 heterocycles. The molecule has 0 bridgehead atoms. The molecular formula is C13H29NO2. The summed E-state index contributed by atoms with van der Waals surface area (Å²) in [4.78, 5) is 0. The Kier molecular flexibility index (Phi) is 11.3. The van der Waals surface area contributed by atoms with Crippen molar-refractivity contribution in [1.29, 1.82) is 0 Å². The second-order valence-electron chi connectivity index (χ2n) is 4.50. The van der Waals surface area contributed by atoms with Crippen LogP contribution in [0.2, 0.25) is 0 Å². The van der Waals surface area contributed by atoms with Crippen molar-refractivity contribution in [2.45, 2.75) is 52.1 Å². The molecule has 98 valence electrons. The van der Waals surface area contributed by atoms with Crippen LogP contribution in [0, 0.1) is 5.92 Å². The molecule has 3 heteroatoms. The van der Waals surface area contributed by atoms with E-state index in [1.807, 2.05) is 0 Å². The Morgan fingerprint density at radius 1 is 1.31 bits per heavy atom. The first-order chi connectivity index (χ1) is 7.74. The highest BCUT2D eigenvalue weighted by Crippen LogP contribution is 2.18. The first-order valence-electron chi connectivity index (χ1n) is 6.62. The van der Waals surface area contributed by atoms with E-state index in [4.69, 9.17) is 4.74 Å². The van der Waals surface area contributed by atoms with Crippen LogP contribution in [0.1, 0.15) is 46.0 Å². The van der Waals surface area contributed by atoms with Gasteiger partial charge in [0, 0.05) is 20.2 Å². The van der Waals surface area contributed by atoms with Gasteiger partial charge in [-0.1, -0.05) is 39.5 Å². The minimum absolute atomic E-state index is 0.210. The van der Waals surface area contributed by atoms with Gasteiger partial charge in [-0.3, -0.25) is 0 Å². The van der Waals surface area contributed by atoms with Gasteiger partial charge >= 0.3 is 0 Å². The van der Waals surface area contributed by atoms with E-state index in [2.05, 4.69) is 19.2 Å². The highest BCUT2D eigenvalue weighted by molar-refractivity contribution is 4.66. The Balaban J connectivity index is 3.53. The summed E-state index contributed by atoms with van der Waals surface area (Å²) in [5, 5.41) is 13.0. The fourth-order valence-corrected chi connectivity index (χ4v) is 1.89. The van der Waals surface area contributed by atoms with Crippen LogP contribution in [-0.4, -0.2) is 38.0 Å². The Morgan fingerprint density at radius 3 is 2.62 bits per heavy atom. The summed E-state index contributed by atoms with van der Waals surface area (Å²) in [6.07, 6.45) is 5.67. The molecule has 16 heavy (non-hydrogen) atoms. The minimum atomic E-state index is -0.210. The summed E-state index contributed by atoms with van der Waals surface area (Å²) < 4.78 is 4.93. The van der Waals surface area contributed by atoms with Gasteiger partial charge in [0.2, 0.25) is 0 Å². The Hall–Kier alpha value is -0.120. The second kappa shape index (κ2) is 11.4. The topological polar surface area (TPSA) is 41.5 Å². The van der Waals surface area contributed by atoms with E-state index in [-0.39, 0.29) is 6.10 Å². The molecule has 0 spiro atoms. The summed E-state index contributed by atoms with van der Waals surface area (Å²) in [6.45, 7) is 6.64. The van der Waals surface area contributed by atoms with Crippen molar-refractivity contribution < 1.29 is 9.84 Å². The first kappa shape index (κ1) is 15.9. The quantitative estimate of drug-likeness (QED) is 0.536. The number of rotatable bonds is 11. The molecule has 0 aliphatic rings. The Morgan fingerprint density at radius 2 is 2.06 bits per heavy atom. The van der Waals surface area contributed by atoms with Crippen molar-refractivity contribution in [2.75, 3.05) is 26.8 Å². The van der Waals surface area contributed by atoms with Gasteiger partial charge in [0.05, 0.1) is 12.7 Å². The van der Waals surface area contributed by atoms with E-state index in [1.165, 1.54) is 25.7 Å². The lowest BCUT2D eigenvalue weighted by Crippen LogP contribution is -2.30. The maximum absolute atomic E-state index is 9.85. The largest absolute Gasteiger partial charge is 0.392 e. The fourth-order valence-electron chi connectivity index (χ4n) is 1.89. The molecule has 0 amide bonds. The van der Waals surface area contributed by atoms with Crippen molar-refractivity contribution >= 4 is 0 Å². The van der Waals surface area contributed by atoms with E-state index in [1.54, 1.807) is 7.11 Å². The maximum atomic E-state index is 9.85. The van der Waals surface area contributed by atoms with Crippen LogP contribution in [0.3, 0.4) is 0 Å². The zero-order valence-electron chi connectivity index (χ0n) is 11.2. The van der Waals surface area contributed by atoms with E-state index >= 15 is 0 Å². The highest BCUT2D eigenvalue weighted by Gasteiger charge is 2.12. The van der Waals surface area contributed by atoms with Crippen LogP contribution in [0.25, 0.3) is 0 Å². The van der Waals surface area contributed by atoms with Gasteiger partial charge in [0.1, 0.15) is 0 Å². The SMILES string of the molecule is CCCCC(CC)CC(O)CNCCOC. The summed E-state index contributed by atoms with van der Waals surface area (Å²) in [5.74, 6) is 0.680. The third-order valence-electron chi connectivity index (χ3n) is 3.01. The predicted octanol–water partition coefficient (Wildman–Crippen LogP) is 2.19. The van der Waals surface area contributed by atoms with Gasteiger partial charge in [-0.05, 0) is 12.3 Å². The normalized spacial score (nSPS) is 15.0. The van der Waals surface area contributed by atoms with Gasteiger partial charge in [-0.15, -0.1) is 0 Å². The lowest BCUT2D eigenvalue weighted by molar-refractivity contribution is 0.130. The zero-order valence-corrected chi connectivity index (χ0v) is 11.2. The Bertz CT molecular complexity index is 142. The van der Waals surface area contributed by atoms with Crippen molar-refractivity contribution in [1.82, 2.24) is 5.32 Å². The molecule has 0 fully saturated rings. The average Bonchev–Trinajstić information content (AvgIpc) is 2.30. The smallest absolute Gasteiger partial charge is 0.0667 e. The van der Waals surface area contributed by atoms with Gasteiger partial charge in [-0.2, -0.15) is 0 Å². The zero-order chi connectivity index (χ0) is 12.2. The van der Waals surface area contributed by atoms with Gasteiger partial charge in [0.25, 0.3) is 0 Å². The molecular weight excluding hydrogens is 202 g/mol. The van der Waals surface area contributed by atoms with Gasteiger partial charge in [0.15, 0.2) is 0 Å². The van der Waals surface area contributed by atoms with Crippen molar-refractivity contribution in [2.24, 2.45) is 5.92 Å². The summed E-state index contributed by atoms with van der Waals surface area (Å²) >= 11 is 0. The molecule has 0 aromatic heterocycles. The molecule has 0 saturated heterocycles. The second-order valence-corrected chi connectivity index (χ2v) is 4.50. The molecule has 0 aromatic carbocycles. The van der Waals surface area contributed by atoms with Gasteiger partial charge in [-0.25, -0.2) is 0 Å². The number of ether oxygens (including phenoxy) is 1. The molecule has 3 nitrogen and oxygen atoms in total. The van der Waals surface area contributed by atoms with Crippen molar-refractivity contribution in [3.63, 3.8) is 0 Å². The summed E-state index contributed by atoms with van der Waals surface area (Å²) in [6, 6.07) is 0. The standard InChI is InChI=1S/C13H29NO2/c1-4-6-7-12(5-2)10-13(15)11-14-8-9-16-3/h12-15H,4-11H2,1-3H3. The van der Waals surface area contributed by atoms with Crippen LogP contribution < -0.4 is 5.32 Å². The van der Waals surface area contributed by atoms with Crippen molar-refractivity contribution in [3.8, 4) is 0 Å². The molecule has 2 atom stereocenters. The number of methoxy groups -OCH3 is 1. The highest BCUT2D eigenvalue weighted by atomic mass is 16.5.